The number of pyridine rings is 2. The number of carboxylic acid groups (broad SMARTS) is 1. The Bertz CT molecular complexity index is 736. The van der Waals surface area contributed by atoms with Crippen molar-refractivity contribution in [3.63, 3.8) is 0 Å². The van der Waals surface area contributed by atoms with E-state index in [-0.39, 0.29) is 5.56 Å². The minimum Gasteiger partial charge on any atom is -0.478 e. The molecule has 1 N–H and O–H groups in total. The van der Waals surface area contributed by atoms with Crippen LogP contribution in [0.4, 0.5) is 0 Å². The molecule has 0 aliphatic rings. The van der Waals surface area contributed by atoms with Gasteiger partial charge in [-0.3, -0.25) is 9.38 Å². The van der Waals surface area contributed by atoms with Crippen molar-refractivity contribution in [1.29, 1.82) is 0 Å². The Morgan fingerprint density at radius 3 is 3.06 bits per heavy atom. The molecule has 3 heterocycles. The Morgan fingerprint density at radius 1 is 1.33 bits per heavy atom. The van der Waals surface area contributed by atoms with Gasteiger partial charge in [0.15, 0.2) is 5.65 Å². The van der Waals surface area contributed by atoms with Crippen LogP contribution >= 0.6 is 0 Å². The van der Waals surface area contributed by atoms with Crippen molar-refractivity contribution in [1.82, 2.24) is 19.6 Å². The maximum atomic E-state index is 10.9. The molecule has 0 saturated heterocycles. The number of aromatic nitrogens is 4. The fourth-order valence-electron chi connectivity index (χ4n) is 1.76. The van der Waals surface area contributed by atoms with Crippen molar-refractivity contribution < 1.29 is 9.90 Å². The molecule has 6 nitrogen and oxygen atoms in total. The van der Waals surface area contributed by atoms with E-state index in [2.05, 4.69) is 15.2 Å². The van der Waals surface area contributed by atoms with Gasteiger partial charge in [0.25, 0.3) is 0 Å². The summed E-state index contributed by atoms with van der Waals surface area (Å²) < 4.78 is 1.75. The van der Waals surface area contributed by atoms with Crippen LogP contribution in [0.2, 0.25) is 0 Å². The minimum absolute atomic E-state index is 0.196. The lowest BCUT2D eigenvalue weighted by Gasteiger charge is -2.03. The van der Waals surface area contributed by atoms with Gasteiger partial charge in [-0.25, -0.2) is 4.79 Å². The average Bonchev–Trinajstić information content (AvgIpc) is 2.87. The van der Waals surface area contributed by atoms with Gasteiger partial charge >= 0.3 is 5.97 Å². The third-order valence-electron chi connectivity index (χ3n) is 2.61. The van der Waals surface area contributed by atoms with Gasteiger partial charge in [-0.15, -0.1) is 10.2 Å². The Kier molecular flexibility index (Phi) is 2.26. The van der Waals surface area contributed by atoms with Crippen LogP contribution in [-0.2, 0) is 0 Å². The largest absolute Gasteiger partial charge is 0.478 e. The second kappa shape index (κ2) is 3.92. The highest BCUT2D eigenvalue weighted by atomic mass is 16.4. The zero-order valence-electron chi connectivity index (χ0n) is 9.19. The number of rotatable bonds is 2. The molecule has 0 aromatic carbocycles. The quantitative estimate of drug-likeness (QED) is 0.734. The van der Waals surface area contributed by atoms with Crippen LogP contribution in [0.3, 0.4) is 0 Å². The SMILES string of the molecule is O=C(O)c1ccnc(-c2cccn3cnnc23)c1. The van der Waals surface area contributed by atoms with Gasteiger partial charge in [-0.1, -0.05) is 0 Å². The average molecular weight is 240 g/mol. The molecular formula is C12H8N4O2. The number of hydrogen-bond acceptors (Lipinski definition) is 4. The fourth-order valence-corrected chi connectivity index (χ4v) is 1.76. The van der Waals surface area contributed by atoms with E-state index in [1.807, 2.05) is 18.3 Å². The highest BCUT2D eigenvalue weighted by Crippen LogP contribution is 2.21. The summed E-state index contributed by atoms with van der Waals surface area (Å²) in [4.78, 5) is 15.1. The molecule has 0 bridgehead atoms. The molecule has 18 heavy (non-hydrogen) atoms. The summed E-state index contributed by atoms with van der Waals surface area (Å²) in [6.45, 7) is 0. The normalized spacial score (nSPS) is 10.7. The summed E-state index contributed by atoms with van der Waals surface area (Å²) in [5, 5.41) is 16.8. The zero-order valence-corrected chi connectivity index (χ0v) is 9.19. The van der Waals surface area contributed by atoms with Crippen molar-refractivity contribution in [2.45, 2.75) is 0 Å². The van der Waals surface area contributed by atoms with Crippen LogP contribution in [-0.4, -0.2) is 30.7 Å². The van der Waals surface area contributed by atoms with Crippen molar-refractivity contribution in [3.8, 4) is 11.3 Å². The van der Waals surface area contributed by atoms with Crippen LogP contribution in [0.25, 0.3) is 16.9 Å². The van der Waals surface area contributed by atoms with Crippen LogP contribution < -0.4 is 0 Å². The van der Waals surface area contributed by atoms with Gasteiger partial charge < -0.3 is 5.11 Å². The molecule has 0 fully saturated rings. The summed E-state index contributed by atoms with van der Waals surface area (Å²) in [5.41, 5.74) is 2.15. The highest BCUT2D eigenvalue weighted by Gasteiger charge is 2.10. The van der Waals surface area contributed by atoms with Gasteiger partial charge in [0.1, 0.15) is 6.33 Å². The molecule has 0 saturated carbocycles. The van der Waals surface area contributed by atoms with Crippen LogP contribution in [0.15, 0.2) is 43.0 Å². The third kappa shape index (κ3) is 1.60. The van der Waals surface area contributed by atoms with E-state index in [1.54, 1.807) is 10.7 Å². The number of hydrogen-bond donors (Lipinski definition) is 1. The molecule has 0 amide bonds. The van der Waals surface area contributed by atoms with Crippen LogP contribution in [0.5, 0.6) is 0 Å². The van der Waals surface area contributed by atoms with Crippen molar-refractivity contribution in [2.75, 3.05) is 0 Å². The predicted octanol–water partition coefficient (Wildman–Crippen LogP) is 1.49. The number of carboxylic acids is 1. The second-order valence-corrected chi connectivity index (χ2v) is 3.72. The molecule has 0 aliphatic carbocycles. The lowest BCUT2D eigenvalue weighted by Crippen LogP contribution is -1.98. The van der Waals surface area contributed by atoms with Crippen molar-refractivity contribution >= 4 is 11.6 Å². The molecule has 88 valence electrons. The first-order valence-corrected chi connectivity index (χ1v) is 5.24. The van der Waals surface area contributed by atoms with Gasteiger partial charge in [-0.2, -0.15) is 0 Å². The molecule has 0 radical (unpaired) electrons. The standard InChI is InChI=1S/C12H8N4O2/c17-12(18)8-3-4-13-10(6-8)9-2-1-5-16-7-14-15-11(9)16/h1-7H,(H,17,18). The Balaban J connectivity index is 2.23. The van der Waals surface area contributed by atoms with Gasteiger partial charge in [0.2, 0.25) is 0 Å². The summed E-state index contributed by atoms with van der Waals surface area (Å²) in [5.74, 6) is -0.980. The predicted molar refractivity (Wildman–Crippen MR) is 63.2 cm³/mol. The van der Waals surface area contributed by atoms with E-state index >= 15 is 0 Å². The Labute approximate surface area is 102 Å². The molecule has 0 unspecified atom stereocenters. The first kappa shape index (κ1) is 10.4. The molecule has 3 rings (SSSR count). The number of carbonyl (C=O) groups is 1. The van der Waals surface area contributed by atoms with E-state index in [9.17, 15) is 4.79 Å². The monoisotopic (exact) mass is 240 g/mol. The summed E-state index contributed by atoms with van der Waals surface area (Å²) >= 11 is 0. The van der Waals surface area contributed by atoms with Gasteiger partial charge in [0.05, 0.1) is 11.3 Å². The van der Waals surface area contributed by atoms with E-state index in [0.29, 0.717) is 11.3 Å². The van der Waals surface area contributed by atoms with Crippen molar-refractivity contribution in [2.24, 2.45) is 0 Å². The second-order valence-electron chi connectivity index (χ2n) is 3.72. The van der Waals surface area contributed by atoms with E-state index in [0.717, 1.165) is 5.56 Å². The lowest BCUT2D eigenvalue weighted by molar-refractivity contribution is 0.0697. The van der Waals surface area contributed by atoms with E-state index in [1.165, 1.54) is 18.3 Å². The molecule has 3 aromatic rings. The smallest absolute Gasteiger partial charge is 0.335 e. The van der Waals surface area contributed by atoms with E-state index in [4.69, 9.17) is 5.11 Å². The minimum atomic E-state index is -0.980. The van der Waals surface area contributed by atoms with Gasteiger partial charge in [0, 0.05) is 18.0 Å². The topological polar surface area (TPSA) is 80.4 Å². The lowest BCUT2D eigenvalue weighted by atomic mass is 10.1. The van der Waals surface area contributed by atoms with Gasteiger partial charge in [-0.05, 0) is 24.3 Å². The number of fused-ring (bicyclic) bond motifs is 1. The summed E-state index contributed by atoms with van der Waals surface area (Å²) in [6.07, 6.45) is 4.87. The Morgan fingerprint density at radius 2 is 2.22 bits per heavy atom. The third-order valence-corrected chi connectivity index (χ3v) is 2.61. The molecular weight excluding hydrogens is 232 g/mol. The summed E-state index contributed by atoms with van der Waals surface area (Å²) in [7, 11) is 0. The maximum Gasteiger partial charge on any atom is 0.335 e. The molecule has 3 aromatic heterocycles. The molecule has 0 atom stereocenters. The van der Waals surface area contributed by atoms with Crippen molar-refractivity contribution in [3.05, 3.63) is 48.5 Å². The molecule has 0 aliphatic heterocycles. The molecule has 6 heteroatoms. The zero-order chi connectivity index (χ0) is 12.5. The first-order valence-electron chi connectivity index (χ1n) is 5.24. The maximum absolute atomic E-state index is 10.9. The fraction of sp³-hybridized carbons (Fsp3) is 0. The highest BCUT2D eigenvalue weighted by molar-refractivity contribution is 5.89. The number of aromatic carboxylic acids is 1. The van der Waals surface area contributed by atoms with E-state index < -0.39 is 5.97 Å². The Hall–Kier alpha value is -2.76. The van der Waals surface area contributed by atoms with Crippen LogP contribution in [0.1, 0.15) is 10.4 Å². The number of nitrogens with zero attached hydrogens (tertiary/aromatic N) is 4. The first-order chi connectivity index (χ1) is 8.75. The van der Waals surface area contributed by atoms with Crippen LogP contribution in [0, 0.1) is 0 Å². The summed E-state index contributed by atoms with van der Waals surface area (Å²) in [6, 6.07) is 6.64. The molecule has 0 spiro atoms.